The molecule has 110 valence electrons. The van der Waals surface area contributed by atoms with Gasteiger partial charge in [-0.05, 0) is 38.8 Å². The van der Waals surface area contributed by atoms with E-state index in [1.54, 1.807) is 0 Å². The highest BCUT2D eigenvalue weighted by molar-refractivity contribution is 5.79. The predicted octanol–water partition coefficient (Wildman–Crippen LogP) is -0.243. The molecule has 2 rings (SSSR count). The van der Waals surface area contributed by atoms with Gasteiger partial charge in [0.15, 0.2) is 0 Å². The molecule has 0 bridgehead atoms. The van der Waals surface area contributed by atoms with Gasteiger partial charge in [-0.1, -0.05) is 0 Å². The Morgan fingerprint density at radius 1 is 1.42 bits per heavy atom. The average molecular weight is 269 g/mol. The van der Waals surface area contributed by atoms with Crippen LogP contribution in [-0.4, -0.2) is 73.2 Å². The number of rotatable bonds is 5. The first-order valence-electron chi connectivity index (χ1n) is 7.42. The van der Waals surface area contributed by atoms with Gasteiger partial charge in [-0.15, -0.1) is 0 Å². The summed E-state index contributed by atoms with van der Waals surface area (Å²) < 4.78 is 0. The number of aliphatic hydroxyl groups is 1. The molecule has 1 amide bonds. The molecule has 5 heteroatoms. The van der Waals surface area contributed by atoms with E-state index in [1.165, 1.54) is 0 Å². The van der Waals surface area contributed by atoms with Crippen molar-refractivity contribution < 1.29 is 9.90 Å². The number of piperidine rings is 1. The second-order valence-electron chi connectivity index (χ2n) is 6.17. The summed E-state index contributed by atoms with van der Waals surface area (Å²) in [6.45, 7) is 7.27. The molecule has 2 heterocycles. The Hall–Kier alpha value is -0.650. The van der Waals surface area contributed by atoms with Crippen LogP contribution in [-0.2, 0) is 4.79 Å². The molecular formula is C14H27N3O2. The lowest BCUT2D eigenvalue weighted by Crippen LogP contribution is -2.52. The maximum absolute atomic E-state index is 12.1. The largest absolute Gasteiger partial charge is 0.392 e. The summed E-state index contributed by atoms with van der Waals surface area (Å²) in [7, 11) is 1.93. The Morgan fingerprint density at radius 2 is 2.05 bits per heavy atom. The SMILES string of the molecule is CC(O)CN1CCC(CN(C)C(=O)C2CNC2)CC1. The van der Waals surface area contributed by atoms with E-state index in [2.05, 4.69) is 10.2 Å². The van der Waals surface area contributed by atoms with E-state index in [1.807, 2.05) is 18.9 Å². The van der Waals surface area contributed by atoms with Crippen LogP contribution in [0, 0.1) is 11.8 Å². The third-order valence-corrected chi connectivity index (χ3v) is 4.27. The van der Waals surface area contributed by atoms with Crippen molar-refractivity contribution in [1.82, 2.24) is 15.1 Å². The lowest BCUT2D eigenvalue weighted by molar-refractivity contribution is -0.136. The van der Waals surface area contributed by atoms with Crippen molar-refractivity contribution in [2.45, 2.75) is 25.9 Å². The molecule has 5 nitrogen and oxygen atoms in total. The first kappa shape index (κ1) is 14.8. The fourth-order valence-corrected chi connectivity index (χ4v) is 2.98. The fraction of sp³-hybridized carbons (Fsp3) is 0.929. The molecule has 2 saturated heterocycles. The number of carbonyl (C=O) groups is 1. The number of hydrogen-bond donors (Lipinski definition) is 2. The summed E-state index contributed by atoms with van der Waals surface area (Å²) >= 11 is 0. The fourth-order valence-electron chi connectivity index (χ4n) is 2.98. The Kier molecular flexibility index (Phi) is 5.19. The summed E-state index contributed by atoms with van der Waals surface area (Å²) in [5, 5.41) is 12.5. The summed E-state index contributed by atoms with van der Waals surface area (Å²) in [4.78, 5) is 16.3. The third kappa shape index (κ3) is 4.16. The Labute approximate surface area is 115 Å². The topological polar surface area (TPSA) is 55.8 Å². The number of nitrogens with one attached hydrogen (secondary N) is 1. The molecule has 0 saturated carbocycles. The van der Waals surface area contributed by atoms with E-state index in [4.69, 9.17) is 0 Å². The smallest absolute Gasteiger partial charge is 0.228 e. The van der Waals surface area contributed by atoms with Crippen LogP contribution in [0.4, 0.5) is 0 Å². The molecule has 0 aromatic rings. The zero-order valence-electron chi connectivity index (χ0n) is 12.1. The van der Waals surface area contributed by atoms with Crippen LogP contribution in [0.1, 0.15) is 19.8 Å². The van der Waals surface area contributed by atoms with Gasteiger partial charge in [-0.25, -0.2) is 0 Å². The summed E-state index contributed by atoms with van der Waals surface area (Å²) in [6.07, 6.45) is 2.02. The van der Waals surface area contributed by atoms with Crippen LogP contribution < -0.4 is 5.32 Å². The van der Waals surface area contributed by atoms with E-state index in [0.717, 1.165) is 52.1 Å². The number of aliphatic hydroxyl groups excluding tert-OH is 1. The monoisotopic (exact) mass is 269 g/mol. The molecule has 2 fully saturated rings. The Balaban J connectivity index is 1.68. The van der Waals surface area contributed by atoms with Gasteiger partial charge in [-0.3, -0.25) is 4.79 Å². The van der Waals surface area contributed by atoms with Crippen LogP contribution in [0.5, 0.6) is 0 Å². The molecule has 0 spiro atoms. The third-order valence-electron chi connectivity index (χ3n) is 4.27. The van der Waals surface area contributed by atoms with Crippen molar-refractivity contribution in [2.24, 2.45) is 11.8 Å². The summed E-state index contributed by atoms with van der Waals surface area (Å²) in [6, 6.07) is 0. The van der Waals surface area contributed by atoms with Gasteiger partial charge in [0, 0.05) is 33.2 Å². The van der Waals surface area contributed by atoms with Crippen LogP contribution in [0.3, 0.4) is 0 Å². The standard InChI is InChI=1S/C14H27N3O2/c1-11(18)9-17-5-3-12(4-6-17)10-16(2)14(19)13-7-15-8-13/h11-13,15,18H,3-10H2,1-2H3. The molecule has 0 radical (unpaired) electrons. The van der Waals surface area contributed by atoms with Crippen LogP contribution >= 0.6 is 0 Å². The van der Waals surface area contributed by atoms with Gasteiger partial charge >= 0.3 is 0 Å². The molecule has 2 aliphatic rings. The number of nitrogens with zero attached hydrogens (tertiary/aromatic N) is 2. The number of β-amino-alcohol motifs (C(OH)–C–C–N with tert-alkyl or cyclic N) is 1. The maximum Gasteiger partial charge on any atom is 0.228 e. The molecule has 2 N–H and O–H groups in total. The van der Waals surface area contributed by atoms with Gasteiger partial charge in [0.2, 0.25) is 5.91 Å². The zero-order chi connectivity index (χ0) is 13.8. The highest BCUT2D eigenvalue weighted by Crippen LogP contribution is 2.19. The average Bonchev–Trinajstić information content (AvgIpc) is 2.28. The molecular weight excluding hydrogens is 242 g/mol. The maximum atomic E-state index is 12.1. The van der Waals surface area contributed by atoms with Gasteiger partial charge in [-0.2, -0.15) is 0 Å². The summed E-state index contributed by atoms with van der Waals surface area (Å²) in [5.41, 5.74) is 0. The second-order valence-corrected chi connectivity index (χ2v) is 6.17. The van der Waals surface area contributed by atoms with Crippen LogP contribution in [0.2, 0.25) is 0 Å². The minimum atomic E-state index is -0.244. The second kappa shape index (κ2) is 6.68. The first-order chi connectivity index (χ1) is 9.06. The van der Waals surface area contributed by atoms with Crippen molar-refractivity contribution in [3.8, 4) is 0 Å². The molecule has 2 aliphatic heterocycles. The summed E-state index contributed by atoms with van der Waals surface area (Å²) in [5.74, 6) is 1.12. The molecule has 0 aromatic heterocycles. The number of hydrogen-bond acceptors (Lipinski definition) is 4. The Morgan fingerprint density at radius 3 is 2.53 bits per heavy atom. The van der Waals surface area contributed by atoms with E-state index >= 15 is 0 Å². The molecule has 19 heavy (non-hydrogen) atoms. The first-order valence-corrected chi connectivity index (χ1v) is 7.42. The normalized spacial score (nSPS) is 23.9. The van der Waals surface area contributed by atoms with Crippen LogP contribution in [0.25, 0.3) is 0 Å². The van der Waals surface area contributed by atoms with E-state index in [-0.39, 0.29) is 12.0 Å². The molecule has 0 aliphatic carbocycles. The van der Waals surface area contributed by atoms with E-state index in [9.17, 15) is 9.90 Å². The minimum Gasteiger partial charge on any atom is -0.392 e. The van der Waals surface area contributed by atoms with Gasteiger partial charge in [0.05, 0.1) is 12.0 Å². The van der Waals surface area contributed by atoms with Gasteiger partial charge in [0.25, 0.3) is 0 Å². The quantitative estimate of drug-likeness (QED) is 0.723. The minimum absolute atomic E-state index is 0.209. The number of likely N-dealkylation sites (tertiary alicyclic amines) is 1. The van der Waals surface area contributed by atoms with Gasteiger partial charge in [0.1, 0.15) is 0 Å². The van der Waals surface area contributed by atoms with E-state index in [0.29, 0.717) is 11.8 Å². The lowest BCUT2D eigenvalue weighted by Gasteiger charge is -2.36. The van der Waals surface area contributed by atoms with Crippen molar-refractivity contribution >= 4 is 5.91 Å². The highest BCUT2D eigenvalue weighted by atomic mass is 16.3. The van der Waals surface area contributed by atoms with Gasteiger partial charge < -0.3 is 20.2 Å². The highest BCUT2D eigenvalue weighted by Gasteiger charge is 2.29. The molecule has 1 atom stereocenters. The molecule has 1 unspecified atom stereocenters. The van der Waals surface area contributed by atoms with Crippen molar-refractivity contribution in [2.75, 3.05) is 46.3 Å². The van der Waals surface area contributed by atoms with Crippen LogP contribution in [0.15, 0.2) is 0 Å². The van der Waals surface area contributed by atoms with Crippen molar-refractivity contribution in [1.29, 1.82) is 0 Å². The lowest BCUT2D eigenvalue weighted by atomic mass is 9.95. The molecule has 0 aromatic carbocycles. The van der Waals surface area contributed by atoms with Crippen molar-refractivity contribution in [3.05, 3.63) is 0 Å². The van der Waals surface area contributed by atoms with E-state index < -0.39 is 0 Å². The number of amides is 1. The van der Waals surface area contributed by atoms with Crippen molar-refractivity contribution in [3.63, 3.8) is 0 Å². The zero-order valence-corrected chi connectivity index (χ0v) is 12.1. The Bertz CT molecular complexity index is 297. The number of carbonyl (C=O) groups excluding carboxylic acids is 1. The predicted molar refractivity (Wildman–Crippen MR) is 74.8 cm³/mol.